The molecule has 0 aromatic heterocycles. The Labute approximate surface area is 72.8 Å². The van der Waals surface area contributed by atoms with Gasteiger partial charge in [-0.1, -0.05) is 32.0 Å². The molecule has 1 saturated carbocycles. The molecule has 1 fully saturated rings. The summed E-state index contributed by atoms with van der Waals surface area (Å²) in [5, 5.41) is 0. The van der Waals surface area contributed by atoms with Crippen LogP contribution in [0.3, 0.4) is 0 Å². The first-order valence-electron chi connectivity index (χ1n) is 4.01. The van der Waals surface area contributed by atoms with Crippen molar-refractivity contribution in [2.45, 2.75) is 32.6 Å². The molecule has 0 spiro atoms. The minimum absolute atomic E-state index is 0.778. The van der Waals surface area contributed by atoms with Crippen molar-refractivity contribution in [3.63, 3.8) is 0 Å². The van der Waals surface area contributed by atoms with E-state index in [4.69, 9.17) is 12.2 Å². The molecule has 0 atom stereocenters. The molecule has 0 saturated heterocycles. The van der Waals surface area contributed by atoms with Crippen molar-refractivity contribution in [1.82, 2.24) is 0 Å². The maximum absolute atomic E-state index is 5.28. The van der Waals surface area contributed by atoms with E-state index in [1.54, 1.807) is 0 Å². The van der Waals surface area contributed by atoms with Crippen LogP contribution in [0.5, 0.6) is 0 Å². The largest absolute Gasteiger partial charge is 0.119 e. The zero-order valence-electron chi connectivity index (χ0n) is 6.43. The van der Waals surface area contributed by atoms with Gasteiger partial charge in [-0.3, -0.25) is 0 Å². The lowest BCUT2D eigenvalue weighted by Gasteiger charge is -2.07. The van der Waals surface area contributed by atoms with E-state index in [0.717, 1.165) is 11.7 Å². The highest BCUT2D eigenvalue weighted by Gasteiger charge is 2.18. The summed E-state index contributed by atoms with van der Waals surface area (Å²) in [5.41, 5.74) is 0. The zero-order chi connectivity index (χ0) is 7.40. The van der Waals surface area contributed by atoms with Crippen molar-refractivity contribution >= 4 is 28.2 Å². The number of hydrogen-bond donors (Lipinski definition) is 0. The maximum atomic E-state index is 5.28. The summed E-state index contributed by atoms with van der Waals surface area (Å²) in [4.78, 5) is 0. The molecule has 10 heavy (non-hydrogen) atoms. The van der Waals surface area contributed by atoms with Crippen molar-refractivity contribution in [3.8, 4) is 0 Å². The van der Waals surface area contributed by atoms with Crippen LogP contribution in [0.25, 0.3) is 0 Å². The maximum Gasteiger partial charge on any atom is 0.0509 e. The highest BCUT2D eigenvalue weighted by Crippen LogP contribution is 2.30. The number of hydrogen-bond acceptors (Lipinski definition) is 2. The first-order chi connectivity index (χ1) is 4.84. The van der Waals surface area contributed by atoms with E-state index < -0.39 is 0 Å². The molecule has 0 heterocycles. The second-order valence-electron chi connectivity index (χ2n) is 2.73. The quantitative estimate of drug-likeness (QED) is 0.589. The molecule has 0 bridgehead atoms. The number of rotatable bonds is 2. The Balaban J connectivity index is 2.25. The van der Waals surface area contributed by atoms with E-state index >= 15 is 0 Å². The van der Waals surface area contributed by atoms with Gasteiger partial charge in [0.2, 0.25) is 0 Å². The normalized spacial score (nSPS) is 19.7. The standard InChI is InChI=1S/C8H14S2/c1-2-10-8(9)7-5-3-4-6-7/h7H,2-6H2,1H3. The van der Waals surface area contributed by atoms with Crippen molar-refractivity contribution in [1.29, 1.82) is 0 Å². The summed E-state index contributed by atoms with van der Waals surface area (Å²) < 4.78 is 1.26. The third-order valence-corrected chi connectivity index (χ3v) is 3.57. The third kappa shape index (κ3) is 2.24. The second-order valence-corrected chi connectivity index (χ2v) is 4.74. The van der Waals surface area contributed by atoms with Crippen LogP contribution in [0.2, 0.25) is 0 Å². The summed E-state index contributed by atoms with van der Waals surface area (Å²) in [6, 6.07) is 0. The molecule has 0 aliphatic heterocycles. The molecule has 1 rings (SSSR count). The minimum atomic E-state index is 0.778. The molecule has 0 N–H and O–H groups in total. The molecule has 0 nitrogen and oxygen atoms in total. The number of thioether (sulfide) groups is 1. The lowest BCUT2D eigenvalue weighted by molar-refractivity contribution is 0.749. The van der Waals surface area contributed by atoms with Crippen LogP contribution in [-0.2, 0) is 0 Å². The molecular weight excluding hydrogens is 160 g/mol. The SMILES string of the molecule is CCSC(=S)C1CCCC1. The lowest BCUT2D eigenvalue weighted by atomic mass is 10.1. The average molecular weight is 174 g/mol. The van der Waals surface area contributed by atoms with Crippen molar-refractivity contribution in [3.05, 3.63) is 0 Å². The Bertz CT molecular complexity index is 114. The van der Waals surface area contributed by atoms with Gasteiger partial charge < -0.3 is 0 Å². The van der Waals surface area contributed by atoms with Gasteiger partial charge >= 0.3 is 0 Å². The molecule has 2 heteroatoms. The van der Waals surface area contributed by atoms with Crippen molar-refractivity contribution in [2.75, 3.05) is 5.75 Å². The van der Waals surface area contributed by atoms with E-state index in [2.05, 4.69) is 6.92 Å². The molecule has 1 aliphatic carbocycles. The first-order valence-corrected chi connectivity index (χ1v) is 5.40. The smallest absolute Gasteiger partial charge is 0.0509 e. The van der Waals surface area contributed by atoms with E-state index in [9.17, 15) is 0 Å². The Hall–Kier alpha value is 0.440. The highest BCUT2D eigenvalue weighted by molar-refractivity contribution is 8.23. The molecule has 0 unspecified atom stereocenters. The van der Waals surface area contributed by atoms with Crippen LogP contribution in [0.1, 0.15) is 32.6 Å². The van der Waals surface area contributed by atoms with Gasteiger partial charge in [-0.15, -0.1) is 11.8 Å². The van der Waals surface area contributed by atoms with Crippen molar-refractivity contribution in [2.24, 2.45) is 5.92 Å². The molecule has 1 aliphatic rings. The monoisotopic (exact) mass is 174 g/mol. The molecule has 0 amide bonds. The first kappa shape index (κ1) is 8.54. The molecular formula is C8H14S2. The highest BCUT2D eigenvalue weighted by atomic mass is 32.2. The van der Waals surface area contributed by atoms with Gasteiger partial charge in [-0.05, 0) is 18.6 Å². The fraction of sp³-hybridized carbons (Fsp3) is 0.875. The fourth-order valence-electron chi connectivity index (χ4n) is 1.42. The topological polar surface area (TPSA) is 0 Å². The minimum Gasteiger partial charge on any atom is -0.119 e. The lowest BCUT2D eigenvalue weighted by Crippen LogP contribution is -2.03. The summed E-state index contributed by atoms with van der Waals surface area (Å²) >= 11 is 7.14. The Morgan fingerprint density at radius 3 is 2.60 bits per heavy atom. The second kappa shape index (κ2) is 4.35. The number of thiocarbonyl (C=S) groups is 1. The van der Waals surface area contributed by atoms with Crippen LogP contribution in [-0.4, -0.2) is 9.95 Å². The Kier molecular flexibility index (Phi) is 3.71. The summed E-state index contributed by atoms with van der Waals surface area (Å²) in [7, 11) is 0. The van der Waals surface area contributed by atoms with Gasteiger partial charge in [0.25, 0.3) is 0 Å². The van der Waals surface area contributed by atoms with E-state index in [1.165, 1.54) is 29.9 Å². The summed E-state index contributed by atoms with van der Waals surface area (Å²) in [6.45, 7) is 2.17. The zero-order valence-corrected chi connectivity index (χ0v) is 8.06. The van der Waals surface area contributed by atoms with Gasteiger partial charge in [0.05, 0.1) is 4.20 Å². The van der Waals surface area contributed by atoms with Gasteiger partial charge in [0.15, 0.2) is 0 Å². The third-order valence-electron chi connectivity index (χ3n) is 1.98. The molecule has 0 aromatic rings. The summed E-state index contributed by atoms with van der Waals surface area (Å²) in [5.74, 6) is 1.93. The molecule has 0 radical (unpaired) electrons. The fourth-order valence-corrected chi connectivity index (χ4v) is 2.77. The van der Waals surface area contributed by atoms with Crippen molar-refractivity contribution < 1.29 is 0 Å². The average Bonchev–Trinajstić information content (AvgIpc) is 2.38. The predicted octanol–water partition coefficient (Wildman–Crippen LogP) is 3.26. The van der Waals surface area contributed by atoms with E-state index in [1.807, 2.05) is 11.8 Å². The van der Waals surface area contributed by atoms with Crippen LogP contribution in [0.4, 0.5) is 0 Å². The predicted molar refractivity (Wildman–Crippen MR) is 52.7 cm³/mol. The van der Waals surface area contributed by atoms with Crippen LogP contribution >= 0.6 is 24.0 Å². The Morgan fingerprint density at radius 1 is 1.50 bits per heavy atom. The van der Waals surface area contributed by atoms with Crippen LogP contribution < -0.4 is 0 Å². The van der Waals surface area contributed by atoms with E-state index in [0.29, 0.717) is 0 Å². The van der Waals surface area contributed by atoms with Gasteiger partial charge in [-0.2, -0.15) is 0 Å². The summed E-state index contributed by atoms with van der Waals surface area (Å²) in [6.07, 6.45) is 5.50. The van der Waals surface area contributed by atoms with Gasteiger partial charge in [-0.25, -0.2) is 0 Å². The molecule has 0 aromatic carbocycles. The Morgan fingerprint density at radius 2 is 2.10 bits per heavy atom. The van der Waals surface area contributed by atoms with E-state index in [-0.39, 0.29) is 0 Å². The molecule has 58 valence electrons. The van der Waals surface area contributed by atoms with Gasteiger partial charge in [0.1, 0.15) is 0 Å². The van der Waals surface area contributed by atoms with Crippen LogP contribution in [0, 0.1) is 5.92 Å². The van der Waals surface area contributed by atoms with Crippen LogP contribution in [0.15, 0.2) is 0 Å². The van der Waals surface area contributed by atoms with Gasteiger partial charge in [0, 0.05) is 5.92 Å².